The number of nitrogens with one attached hydrogen (secondary N) is 1. The molecule has 116 valence electrons. The van der Waals surface area contributed by atoms with Crippen molar-refractivity contribution in [2.75, 3.05) is 11.9 Å². The average Bonchev–Trinajstić information content (AvgIpc) is 2.56. The number of carbonyl (C=O) groups excluding carboxylic acids is 1. The molecule has 2 aromatic carbocycles. The number of nitrogens with zero attached hydrogens (tertiary/aromatic N) is 1. The van der Waals surface area contributed by atoms with Gasteiger partial charge in [0.1, 0.15) is 5.75 Å². The van der Waals surface area contributed by atoms with Gasteiger partial charge in [0.05, 0.1) is 11.2 Å². The first kappa shape index (κ1) is 15.0. The molecule has 0 radical (unpaired) electrons. The molecule has 1 heterocycles. The van der Waals surface area contributed by atoms with Gasteiger partial charge in [-0.05, 0) is 43.2 Å². The molecule has 4 nitrogen and oxygen atoms in total. The van der Waals surface area contributed by atoms with Crippen LogP contribution in [0.1, 0.15) is 11.1 Å². The Bertz CT molecular complexity index is 854. The Labute approximate surface area is 135 Å². The molecular formula is C19H18N2O2. The third-order valence-corrected chi connectivity index (χ3v) is 3.61. The second kappa shape index (κ2) is 6.48. The van der Waals surface area contributed by atoms with E-state index in [1.54, 1.807) is 6.20 Å². The predicted octanol–water partition coefficient (Wildman–Crippen LogP) is 3.87. The van der Waals surface area contributed by atoms with Crippen LogP contribution in [0.5, 0.6) is 5.75 Å². The van der Waals surface area contributed by atoms with Gasteiger partial charge in [-0.3, -0.25) is 9.78 Å². The molecule has 0 unspecified atom stereocenters. The van der Waals surface area contributed by atoms with Crippen molar-refractivity contribution >= 4 is 22.5 Å². The quantitative estimate of drug-likeness (QED) is 0.796. The summed E-state index contributed by atoms with van der Waals surface area (Å²) in [6.45, 7) is 3.92. The zero-order valence-electron chi connectivity index (χ0n) is 13.2. The van der Waals surface area contributed by atoms with Crippen LogP contribution in [0.4, 0.5) is 5.69 Å². The van der Waals surface area contributed by atoms with Crippen LogP contribution in [0, 0.1) is 13.8 Å². The highest BCUT2D eigenvalue weighted by Gasteiger charge is 2.08. The second-order valence-electron chi connectivity index (χ2n) is 5.49. The maximum atomic E-state index is 12.2. The van der Waals surface area contributed by atoms with Crippen molar-refractivity contribution < 1.29 is 9.53 Å². The maximum absolute atomic E-state index is 12.2. The van der Waals surface area contributed by atoms with Crippen LogP contribution in [-0.2, 0) is 4.79 Å². The fraction of sp³-hybridized carbons (Fsp3) is 0.158. The van der Waals surface area contributed by atoms with Crippen LogP contribution in [0.3, 0.4) is 0 Å². The molecule has 0 aliphatic rings. The van der Waals surface area contributed by atoms with Crippen molar-refractivity contribution in [3.63, 3.8) is 0 Å². The minimum atomic E-state index is -0.205. The standard InChI is InChI=1S/C19H18N2O2/c1-13-8-9-14(2)17(11-13)23-12-18(22)21-16-7-3-5-15-6-4-10-20-19(15)16/h3-11H,12H2,1-2H3,(H,21,22). The molecule has 0 atom stereocenters. The molecule has 0 saturated carbocycles. The van der Waals surface area contributed by atoms with E-state index in [0.717, 1.165) is 27.8 Å². The highest BCUT2D eigenvalue weighted by atomic mass is 16.5. The Morgan fingerprint density at radius 1 is 1.13 bits per heavy atom. The fourth-order valence-electron chi connectivity index (χ4n) is 2.40. The van der Waals surface area contributed by atoms with Crippen LogP contribution >= 0.6 is 0 Å². The number of pyridine rings is 1. The molecular weight excluding hydrogens is 288 g/mol. The monoisotopic (exact) mass is 306 g/mol. The molecule has 0 aliphatic carbocycles. The molecule has 3 rings (SSSR count). The van der Waals surface area contributed by atoms with Gasteiger partial charge in [-0.2, -0.15) is 0 Å². The van der Waals surface area contributed by atoms with Crippen molar-refractivity contribution in [2.45, 2.75) is 13.8 Å². The third-order valence-electron chi connectivity index (χ3n) is 3.61. The van der Waals surface area contributed by atoms with E-state index in [4.69, 9.17) is 4.74 Å². The number of amides is 1. The molecule has 1 amide bonds. The van der Waals surface area contributed by atoms with Crippen LogP contribution < -0.4 is 10.1 Å². The van der Waals surface area contributed by atoms with Crippen molar-refractivity contribution in [3.05, 3.63) is 65.9 Å². The number of aromatic nitrogens is 1. The lowest BCUT2D eigenvalue weighted by Gasteiger charge is -2.11. The van der Waals surface area contributed by atoms with E-state index in [2.05, 4.69) is 10.3 Å². The van der Waals surface area contributed by atoms with E-state index in [-0.39, 0.29) is 12.5 Å². The summed E-state index contributed by atoms with van der Waals surface area (Å²) >= 11 is 0. The van der Waals surface area contributed by atoms with Gasteiger partial charge in [0, 0.05) is 11.6 Å². The Balaban J connectivity index is 1.70. The lowest BCUT2D eigenvalue weighted by Crippen LogP contribution is -2.20. The number of benzene rings is 2. The topological polar surface area (TPSA) is 51.2 Å². The van der Waals surface area contributed by atoms with Gasteiger partial charge in [-0.25, -0.2) is 0 Å². The largest absolute Gasteiger partial charge is 0.483 e. The van der Waals surface area contributed by atoms with Gasteiger partial charge < -0.3 is 10.1 Å². The van der Waals surface area contributed by atoms with Gasteiger partial charge in [0.2, 0.25) is 0 Å². The summed E-state index contributed by atoms with van der Waals surface area (Å²) in [4.78, 5) is 16.5. The van der Waals surface area contributed by atoms with Gasteiger partial charge in [-0.1, -0.05) is 30.3 Å². The Hall–Kier alpha value is -2.88. The van der Waals surface area contributed by atoms with Gasteiger partial charge in [0.25, 0.3) is 5.91 Å². The first-order chi connectivity index (χ1) is 11.1. The molecule has 0 saturated heterocycles. The Morgan fingerprint density at radius 3 is 2.83 bits per heavy atom. The normalized spacial score (nSPS) is 10.5. The van der Waals surface area contributed by atoms with Crippen molar-refractivity contribution in [2.24, 2.45) is 0 Å². The fourth-order valence-corrected chi connectivity index (χ4v) is 2.40. The molecule has 0 bridgehead atoms. The molecule has 23 heavy (non-hydrogen) atoms. The number of hydrogen-bond acceptors (Lipinski definition) is 3. The summed E-state index contributed by atoms with van der Waals surface area (Å²) in [5.74, 6) is 0.528. The molecule has 1 N–H and O–H groups in total. The average molecular weight is 306 g/mol. The molecule has 3 aromatic rings. The number of rotatable bonds is 4. The number of anilines is 1. The van der Waals surface area contributed by atoms with E-state index in [9.17, 15) is 4.79 Å². The highest BCUT2D eigenvalue weighted by Crippen LogP contribution is 2.21. The van der Waals surface area contributed by atoms with E-state index in [0.29, 0.717) is 5.69 Å². The molecule has 0 spiro atoms. The molecule has 4 heteroatoms. The number of aryl methyl sites for hydroxylation is 2. The lowest BCUT2D eigenvalue weighted by molar-refractivity contribution is -0.118. The Morgan fingerprint density at radius 2 is 1.96 bits per heavy atom. The minimum Gasteiger partial charge on any atom is -0.483 e. The number of hydrogen-bond donors (Lipinski definition) is 1. The first-order valence-corrected chi connectivity index (χ1v) is 7.47. The zero-order chi connectivity index (χ0) is 16.2. The summed E-state index contributed by atoms with van der Waals surface area (Å²) in [7, 11) is 0. The van der Waals surface area contributed by atoms with E-state index >= 15 is 0 Å². The zero-order valence-corrected chi connectivity index (χ0v) is 13.2. The molecule has 0 aliphatic heterocycles. The predicted molar refractivity (Wildman–Crippen MR) is 91.8 cm³/mol. The SMILES string of the molecule is Cc1ccc(C)c(OCC(=O)Nc2cccc3cccnc23)c1. The van der Waals surface area contributed by atoms with E-state index in [1.165, 1.54) is 0 Å². The Kier molecular flexibility index (Phi) is 4.24. The van der Waals surface area contributed by atoms with E-state index in [1.807, 2.05) is 62.4 Å². The van der Waals surface area contributed by atoms with Crippen molar-refractivity contribution in [1.29, 1.82) is 0 Å². The second-order valence-corrected chi connectivity index (χ2v) is 5.49. The maximum Gasteiger partial charge on any atom is 0.262 e. The number of fused-ring (bicyclic) bond motifs is 1. The van der Waals surface area contributed by atoms with Crippen LogP contribution in [-0.4, -0.2) is 17.5 Å². The summed E-state index contributed by atoms with van der Waals surface area (Å²) in [5.41, 5.74) is 3.58. The van der Waals surface area contributed by atoms with Crippen LogP contribution in [0.15, 0.2) is 54.7 Å². The van der Waals surface area contributed by atoms with Crippen molar-refractivity contribution in [3.8, 4) is 5.75 Å². The van der Waals surface area contributed by atoms with Crippen LogP contribution in [0.25, 0.3) is 10.9 Å². The number of carbonyl (C=O) groups is 1. The number of ether oxygens (including phenoxy) is 1. The van der Waals surface area contributed by atoms with Gasteiger partial charge in [0.15, 0.2) is 6.61 Å². The van der Waals surface area contributed by atoms with Crippen LogP contribution in [0.2, 0.25) is 0 Å². The van der Waals surface area contributed by atoms with Crippen molar-refractivity contribution in [1.82, 2.24) is 4.98 Å². The number of para-hydroxylation sites is 1. The molecule has 1 aromatic heterocycles. The summed E-state index contributed by atoms with van der Waals surface area (Å²) in [6, 6.07) is 15.5. The van der Waals surface area contributed by atoms with E-state index < -0.39 is 0 Å². The minimum absolute atomic E-state index is 0.0342. The smallest absolute Gasteiger partial charge is 0.262 e. The molecule has 0 fully saturated rings. The summed E-state index contributed by atoms with van der Waals surface area (Å²) in [6.07, 6.45) is 1.71. The highest BCUT2D eigenvalue weighted by molar-refractivity contribution is 6.00. The summed E-state index contributed by atoms with van der Waals surface area (Å²) in [5, 5.41) is 3.85. The first-order valence-electron chi connectivity index (χ1n) is 7.47. The van der Waals surface area contributed by atoms with Gasteiger partial charge in [-0.15, -0.1) is 0 Å². The third kappa shape index (κ3) is 3.48. The van der Waals surface area contributed by atoms with Gasteiger partial charge >= 0.3 is 0 Å². The lowest BCUT2D eigenvalue weighted by atomic mass is 10.1. The summed E-state index contributed by atoms with van der Waals surface area (Å²) < 4.78 is 5.63.